The van der Waals surface area contributed by atoms with E-state index in [0.717, 1.165) is 18.1 Å². The molecule has 3 aromatic rings. The van der Waals surface area contributed by atoms with Gasteiger partial charge in [-0.05, 0) is 79.3 Å². The van der Waals surface area contributed by atoms with E-state index in [0.29, 0.717) is 12.1 Å². The van der Waals surface area contributed by atoms with Crippen molar-refractivity contribution in [2.45, 2.75) is 52.3 Å². The number of carbonyl (C=O) groups is 2. The van der Waals surface area contributed by atoms with Crippen molar-refractivity contribution in [3.63, 3.8) is 0 Å². The Hall–Kier alpha value is -3.66. The highest BCUT2D eigenvalue weighted by atomic mass is 19.1. The number of nitrogens with one attached hydrogen (secondary N) is 3. The first-order chi connectivity index (χ1) is 18.7. The molecule has 0 aliphatic rings. The lowest BCUT2D eigenvalue weighted by Crippen LogP contribution is -2.48. The molecule has 3 rings (SSSR count). The van der Waals surface area contributed by atoms with Crippen molar-refractivity contribution >= 4 is 11.8 Å². The molecule has 39 heavy (non-hydrogen) atoms. The van der Waals surface area contributed by atoms with Crippen LogP contribution in [0, 0.1) is 18.6 Å². The van der Waals surface area contributed by atoms with Gasteiger partial charge in [-0.2, -0.15) is 0 Å². The van der Waals surface area contributed by atoms with Gasteiger partial charge in [0.15, 0.2) is 0 Å². The Balaban J connectivity index is 1.77. The van der Waals surface area contributed by atoms with E-state index in [9.17, 15) is 23.5 Å². The number of rotatable bonds is 13. The second-order valence-electron chi connectivity index (χ2n) is 9.39. The molecule has 2 atom stereocenters. The van der Waals surface area contributed by atoms with Crippen LogP contribution in [0.25, 0.3) is 0 Å². The maximum atomic E-state index is 13.9. The fourth-order valence-corrected chi connectivity index (χ4v) is 4.23. The number of benzene rings is 3. The molecular weight excluding hydrogens is 504 g/mol. The smallest absolute Gasteiger partial charge is 0.274 e. The summed E-state index contributed by atoms with van der Waals surface area (Å²) in [7, 11) is 0. The van der Waals surface area contributed by atoms with Crippen molar-refractivity contribution < 1.29 is 28.3 Å². The SMILES string of the molecule is CCONC(=O)c1cc(C)cc(C(=O)N[C@@H](Cc2cc(F)cc(F)c2)[C@H](O)CNCc2cccc(CC)c2)c1. The largest absolute Gasteiger partial charge is 0.390 e. The highest BCUT2D eigenvalue weighted by Crippen LogP contribution is 2.15. The van der Waals surface area contributed by atoms with Crippen molar-refractivity contribution in [3.05, 3.63) is 106 Å². The molecule has 0 radical (unpaired) electrons. The molecule has 0 fully saturated rings. The van der Waals surface area contributed by atoms with Crippen LogP contribution in [0.5, 0.6) is 0 Å². The van der Waals surface area contributed by atoms with Gasteiger partial charge in [0, 0.05) is 30.3 Å². The van der Waals surface area contributed by atoms with Gasteiger partial charge in [-0.25, -0.2) is 14.3 Å². The van der Waals surface area contributed by atoms with Crippen LogP contribution in [0.3, 0.4) is 0 Å². The van der Waals surface area contributed by atoms with Crippen LogP contribution < -0.4 is 16.1 Å². The molecule has 0 aliphatic heterocycles. The Bertz CT molecular complexity index is 1260. The van der Waals surface area contributed by atoms with Crippen molar-refractivity contribution in [1.29, 1.82) is 0 Å². The van der Waals surface area contributed by atoms with Gasteiger partial charge in [0.1, 0.15) is 11.6 Å². The fourth-order valence-electron chi connectivity index (χ4n) is 4.23. The van der Waals surface area contributed by atoms with Crippen LogP contribution >= 0.6 is 0 Å². The summed E-state index contributed by atoms with van der Waals surface area (Å²) in [4.78, 5) is 30.5. The normalized spacial score (nSPS) is 12.6. The summed E-state index contributed by atoms with van der Waals surface area (Å²) < 4.78 is 27.7. The first-order valence-electron chi connectivity index (χ1n) is 12.9. The van der Waals surface area contributed by atoms with Gasteiger partial charge < -0.3 is 15.7 Å². The molecular formula is C30H35F2N3O4. The highest BCUT2D eigenvalue weighted by molar-refractivity contribution is 5.99. The third-order valence-corrected chi connectivity index (χ3v) is 6.15. The molecule has 9 heteroatoms. The maximum absolute atomic E-state index is 13.9. The Kier molecular flexibility index (Phi) is 11.1. The van der Waals surface area contributed by atoms with E-state index in [4.69, 9.17) is 4.84 Å². The van der Waals surface area contributed by atoms with Crippen molar-refractivity contribution in [2.24, 2.45) is 0 Å². The molecule has 0 unspecified atom stereocenters. The lowest BCUT2D eigenvalue weighted by atomic mass is 9.99. The van der Waals surface area contributed by atoms with E-state index in [1.165, 1.54) is 23.8 Å². The number of hydrogen-bond acceptors (Lipinski definition) is 5. The van der Waals surface area contributed by atoms with Crippen molar-refractivity contribution in [3.8, 4) is 0 Å². The molecule has 0 heterocycles. The van der Waals surface area contributed by atoms with Gasteiger partial charge in [0.25, 0.3) is 11.8 Å². The summed E-state index contributed by atoms with van der Waals surface area (Å²) in [5, 5.41) is 17.0. The number of carbonyl (C=O) groups excluding carboxylic acids is 2. The van der Waals surface area contributed by atoms with E-state index in [2.05, 4.69) is 29.1 Å². The number of aliphatic hydroxyl groups is 1. The van der Waals surface area contributed by atoms with Gasteiger partial charge in [0.2, 0.25) is 0 Å². The molecule has 0 bridgehead atoms. The zero-order chi connectivity index (χ0) is 28.4. The quantitative estimate of drug-likeness (QED) is 0.246. The lowest BCUT2D eigenvalue weighted by Gasteiger charge is -2.25. The van der Waals surface area contributed by atoms with Crippen LogP contribution in [-0.4, -0.2) is 42.2 Å². The summed E-state index contributed by atoms with van der Waals surface area (Å²) >= 11 is 0. The van der Waals surface area contributed by atoms with E-state index >= 15 is 0 Å². The van der Waals surface area contributed by atoms with Crippen LogP contribution in [0.4, 0.5) is 8.78 Å². The van der Waals surface area contributed by atoms with Crippen LogP contribution in [-0.2, 0) is 24.2 Å². The van der Waals surface area contributed by atoms with Crippen LogP contribution in [0.2, 0.25) is 0 Å². The topological polar surface area (TPSA) is 99.7 Å². The average molecular weight is 540 g/mol. The minimum atomic E-state index is -1.08. The third-order valence-electron chi connectivity index (χ3n) is 6.15. The first kappa shape index (κ1) is 29.9. The summed E-state index contributed by atoms with van der Waals surface area (Å²) in [5.41, 5.74) is 5.93. The number of halogens is 2. The summed E-state index contributed by atoms with van der Waals surface area (Å²) in [5.74, 6) is -2.54. The summed E-state index contributed by atoms with van der Waals surface area (Å²) in [6, 6.07) is 14.9. The van der Waals surface area contributed by atoms with E-state index in [-0.39, 0.29) is 36.3 Å². The molecule has 0 saturated heterocycles. The second kappa shape index (κ2) is 14.5. The van der Waals surface area contributed by atoms with Crippen molar-refractivity contribution in [1.82, 2.24) is 16.1 Å². The monoisotopic (exact) mass is 539 g/mol. The van der Waals surface area contributed by atoms with Crippen LogP contribution in [0.15, 0.2) is 60.7 Å². The predicted octanol–water partition coefficient (Wildman–Crippen LogP) is 4.01. The van der Waals surface area contributed by atoms with Gasteiger partial charge in [-0.3, -0.25) is 14.4 Å². The zero-order valence-electron chi connectivity index (χ0n) is 22.4. The Morgan fingerprint density at radius 3 is 2.23 bits per heavy atom. The molecule has 0 aromatic heterocycles. The van der Waals surface area contributed by atoms with E-state index in [1.807, 2.05) is 18.2 Å². The molecule has 7 nitrogen and oxygen atoms in total. The van der Waals surface area contributed by atoms with E-state index < -0.39 is 35.6 Å². The van der Waals surface area contributed by atoms with E-state index in [1.54, 1.807) is 26.0 Å². The summed E-state index contributed by atoms with van der Waals surface area (Å²) in [6.07, 6.45) is -0.193. The molecule has 3 aromatic carbocycles. The van der Waals surface area contributed by atoms with Crippen molar-refractivity contribution in [2.75, 3.05) is 13.2 Å². The number of aliphatic hydroxyl groups excluding tert-OH is 1. The predicted molar refractivity (Wildman–Crippen MR) is 145 cm³/mol. The van der Waals surface area contributed by atoms with Gasteiger partial charge in [-0.1, -0.05) is 31.2 Å². The van der Waals surface area contributed by atoms with Crippen LogP contribution in [0.1, 0.15) is 56.8 Å². The molecule has 2 amide bonds. The molecule has 0 saturated carbocycles. The number of hydroxylamine groups is 1. The second-order valence-corrected chi connectivity index (χ2v) is 9.39. The highest BCUT2D eigenvalue weighted by Gasteiger charge is 2.24. The van der Waals surface area contributed by atoms with Gasteiger partial charge >= 0.3 is 0 Å². The maximum Gasteiger partial charge on any atom is 0.274 e. The third kappa shape index (κ3) is 9.24. The Morgan fingerprint density at radius 2 is 1.56 bits per heavy atom. The lowest BCUT2D eigenvalue weighted by molar-refractivity contribution is 0.0364. The zero-order valence-corrected chi connectivity index (χ0v) is 22.4. The first-order valence-corrected chi connectivity index (χ1v) is 12.9. The number of hydrogen-bond donors (Lipinski definition) is 4. The Labute approximate surface area is 227 Å². The molecule has 4 N–H and O–H groups in total. The minimum Gasteiger partial charge on any atom is -0.390 e. The number of amides is 2. The minimum absolute atomic E-state index is 0.0158. The molecule has 0 aliphatic carbocycles. The molecule has 208 valence electrons. The molecule has 0 spiro atoms. The summed E-state index contributed by atoms with van der Waals surface area (Å²) in [6.45, 7) is 6.44. The standard InChI is InChI=1S/C30H35F2N3O4/c1-4-20-7-6-8-21(11-20)17-33-18-28(36)27(14-22-12-25(31)16-26(32)13-22)34-29(37)23-9-19(3)10-24(15-23)30(38)35-39-5-2/h6-13,15-16,27-28,33,36H,4-5,14,17-18H2,1-3H3,(H,34,37)(H,35,38)/t27-,28+/m0/s1. The Morgan fingerprint density at radius 1 is 0.897 bits per heavy atom. The fraction of sp³-hybridized carbons (Fsp3) is 0.333. The van der Waals surface area contributed by atoms with Gasteiger partial charge in [-0.15, -0.1) is 0 Å². The van der Waals surface area contributed by atoms with Gasteiger partial charge in [0.05, 0.1) is 18.8 Å². The number of aryl methyl sites for hydroxylation is 2. The average Bonchev–Trinajstić information content (AvgIpc) is 2.90.